The number of sulfonamides is 1. The highest BCUT2D eigenvalue weighted by Crippen LogP contribution is 2.27. The van der Waals surface area contributed by atoms with Crippen LogP contribution in [0.15, 0.2) is 34.6 Å². The molecule has 1 fully saturated rings. The van der Waals surface area contributed by atoms with Gasteiger partial charge in [-0.3, -0.25) is 9.89 Å². The van der Waals surface area contributed by atoms with E-state index in [4.69, 9.17) is 4.74 Å². The van der Waals surface area contributed by atoms with Gasteiger partial charge >= 0.3 is 0 Å². The molecule has 2 aromatic rings. The summed E-state index contributed by atoms with van der Waals surface area (Å²) in [6, 6.07) is 4.85. The molecular formula is C18H25N5O4S2. The number of piperidine rings is 1. The summed E-state index contributed by atoms with van der Waals surface area (Å²) in [5, 5.41) is 10.1. The van der Waals surface area contributed by atoms with Gasteiger partial charge < -0.3 is 10.1 Å². The van der Waals surface area contributed by atoms with E-state index >= 15 is 0 Å². The Morgan fingerprint density at radius 3 is 2.76 bits per heavy atom. The molecule has 0 unspecified atom stereocenters. The van der Waals surface area contributed by atoms with Crippen LogP contribution in [-0.2, 0) is 14.8 Å². The first-order valence-corrected chi connectivity index (χ1v) is 11.7. The zero-order valence-corrected chi connectivity index (χ0v) is 18.1. The van der Waals surface area contributed by atoms with Crippen LogP contribution >= 0.6 is 11.8 Å². The Hall–Kier alpha value is -2.11. The Bertz CT molecular complexity index is 926. The molecule has 29 heavy (non-hydrogen) atoms. The molecule has 2 N–H and O–H groups in total. The van der Waals surface area contributed by atoms with E-state index in [1.165, 1.54) is 22.4 Å². The summed E-state index contributed by atoms with van der Waals surface area (Å²) < 4.78 is 32.5. The van der Waals surface area contributed by atoms with Gasteiger partial charge in [0.2, 0.25) is 15.9 Å². The standard InChI is InChI=1S/C18H25N5O4S2/c1-13-11-15(3-4-16(13)27-2)29(25,26)23-8-5-14(6-9-23)17(24)19-7-10-28-18-20-12-21-22-18/h3-4,11-12,14H,5-10H2,1-2H3,(H,19,24)(H,20,21,22). The minimum absolute atomic E-state index is 0.0273. The molecule has 1 aliphatic heterocycles. The number of aromatic amines is 1. The number of hydrogen-bond acceptors (Lipinski definition) is 7. The fourth-order valence-electron chi connectivity index (χ4n) is 3.25. The highest BCUT2D eigenvalue weighted by Gasteiger charge is 2.32. The van der Waals surface area contributed by atoms with E-state index in [1.807, 2.05) is 6.92 Å². The third kappa shape index (κ3) is 5.28. The van der Waals surface area contributed by atoms with Crippen molar-refractivity contribution in [2.75, 3.05) is 32.5 Å². The van der Waals surface area contributed by atoms with Crippen molar-refractivity contribution in [1.82, 2.24) is 24.8 Å². The first kappa shape index (κ1) is 21.6. The van der Waals surface area contributed by atoms with Crippen molar-refractivity contribution in [2.24, 2.45) is 5.92 Å². The fourth-order valence-corrected chi connectivity index (χ4v) is 5.44. The van der Waals surface area contributed by atoms with Crippen molar-refractivity contribution in [3.05, 3.63) is 30.1 Å². The Labute approximate surface area is 174 Å². The maximum Gasteiger partial charge on any atom is 0.243 e. The van der Waals surface area contributed by atoms with Crippen molar-refractivity contribution < 1.29 is 17.9 Å². The van der Waals surface area contributed by atoms with Crippen LogP contribution in [0.2, 0.25) is 0 Å². The minimum atomic E-state index is -3.58. The second-order valence-electron chi connectivity index (χ2n) is 6.74. The average Bonchev–Trinajstić information content (AvgIpc) is 3.24. The lowest BCUT2D eigenvalue weighted by atomic mass is 9.97. The molecule has 1 aromatic heterocycles. The number of nitrogens with one attached hydrogen (secondary N) is 2. The lowest BCUT2D eigenvalue weighted by molar-refractivity contribution is -0.125. The number of carbonyl (C=O) groups excluding carboxylic acids is 1. The summed E-state index contributed by atoms with van der Waals surface area (Å²) in [6.07, 6.45) is 2.46. The predicted molar refractivity (Wildman–Crippen MR) is 109 cm³/mol. The third-order valence-corrected chi connectivity index (χ3v) is 7.63. The molecule has 0 spiro atoms. The van der Waals surface area contributed by atoms with Gasteiger partial charge in [-0.1, -0.05) is 11.8 Å². The van der Waals surface area contributed by atoms with E-state index in [9.17, 15) is 13.2 Å². The highest BCUT2D eigenvalue weighted by atomic mass is 32.2. The summed E-state index contributed by atoms with van der Waals surface area (Å²) in [7, 11) is -2.02. The molecule has 9 nitrogen and oxygen atoms in total. The minimum Gasteiger partial charge on any atom is -0.496 e. The van der Waals surface area contributed by atoms with E-state index < -0.39 is 10.0 Å². The van der Waals surface area contributed by atoms with Gasteiger partial charge in [0.1, 0.15) is 12.1 Å². The Kier molecular flexibility index (Phi) is 7.14. The third-order valence-electron chi connectivity index (χ3n) is 4.86. The van der Waals surface area contributed by atoms with Crippen molar-refractivity contribution in [2.45, 2.75) is 29.8 Å². The number of thioether (sulfide) groups is 1. The molecule has 1 amide bonds. The number of rotatable bonds is 8. The SMILES string of the molecule is COc1ccc(S(=O)(=O)N2CCC(C(=O)NCCSc3ncn[nH]3)CC2)cc1C. The fraction of sp³-hybridized carbons (Fsp3) is 0.500. The smallest absolute Gasteiger partial charge is 0.243 e. The van der Waals surface area contributed by atoms with Crippen LogP contribution in [0.4, 0.5) is 0 Å². The summed E-state index contributed by atoms with van der Waals surface area (Å²) in [4.78, 5) is 16.6. The second kappa shape index (κ2) is 9.59. The van der Waals surface area contributed by atoms with Gasteiger partial charge in [0.05, 0.1) is 12.0 Å². The molecule has 2 heterocycles. The van der Waals surface area contributed by atoms with Crippen LogP contribution in [0.1, 0.15) is 18.4 Å². The van der Waals surface area contributed by atoms with Gasteiger partial charge in [-0.05, 0) is 43.5 Å². The maximum atomic E-state index is 12.9. The number of aromatic nitrogens is 3. The molecule has 1 aromatic carbocycles. The number of benzene rings is 1. The van der Waals surface area contributed by atoms with Gasteiger partial charge in [-0.25, -0.2) is 13.4 Å². The molecule has 0 saturated carbocycles. The molecule has 3 rings (SSSR count). The molecule has 1 saturated heterocycles. The Morgan fingerprint density at radius 2 is 2.14 bits per heavy atom. The molecule has 0 atom stereocenters. The van der Waals surface area contributed by atoms with Crippen molar-refractivity contribution in [3.8, 4) is 5.75 Å². The van der Waals surface area contributed by atoms with Gasteiger partial charge in [0.25, 0.3) is 0 Å². The Morgan fingerprint density at radius 1 is 1.38 bits per heavy atom. The number of amides is 1. The lowest BCUT2D eigenvalue weighted by Crippen LogP contribution is -2.43. The van der Waals surface area contributed by atoms with E-state index in [0.29, 0.717) is 49.1 Å². The molecule has 11 heteroatoms. The molecular weight excluding hydrogens is 414 g/mol. The zero-order chi connectivity index (χ0) is 20.9. The molecule has 1 aliphatic rings. The molecule has 0 bridgehead atoms. The van der Waals surface area contributed by atoms with Crippen molar-refractivity contribution in [1.29, 1.82) is 0 Å². The number of aryl methyl sites for hydroxylation is 1. The van der Waals surface area contributed by atoms with Crippen LogP contribution in [-0.4, -0.2) is 66.3 Å². The predicted octanol–water partition coefficient (Wildman–Crippen LogP) is 1.43. The number of carbonyl (C=O) groups is 1. The van der Waals surface area contributed by atoms with E-state index in [2.05, 4.69) is 20.5 Å². The zero-order valence-electron chi connectivity index (χ0n) is 16.4. The quantitative estimate of drug-likeness (QED) is 0.472. The number of ether oxygens (including phenoxy) is 1. The molecule has 0 radical (unpaired) electrons. The topological polar surface area (TPSA) is 117 Å². The van der Waals surface area contributed by atoms with E-state index in [0.717, 1.165) is 5.56 Å². The van der Waals surface area contributed by atoms with Crippen molar-refractivity contribution in [3.63, 3.8) is 0 Å². The van der Waals surface area contributed by atoms with Crippen LogP contribution in [0.25, 0.3) is 0 Å². The Balaban J connectivity index is 1.48. The largest absolute Gasteiger partial charge is 0.496 e. The van der Waals surface area contributed by atoms with Crippen LogP contribution in [0.5, 0.6) is 5.75 Å². The van der Waals surface area contributed by atoms with Crippen LogP contribution in [0, 0.1) is 12.8 Å². The highest BCUT2D eigenvalue weighted by molar-refractivity contribution is 7.99. The van der Waals surface area contributed by atoms with Crippen LogP contribution in [0.3, 0.4) is 0 Å². The summed E-state index contributed by atoms with van der Waals surface area (Å²) >= 11 is 1.48. The van der Waals surface area contributed by atoms with Gasteiger partial charge in [-0.2, -0.15) is 9.40 Å². The maximum absolute atomic E-state index is 12.9. The molecule has 158 valence electrons. The van der Waals surface area contributed by atoms with Gasteiger partial charge in [0.15, 0.2) is 5.16 Å². The average molecular weight is 440 g/mol. The van der Waals surface area contributed by atoms with E-state index in [-0.39, 0.29) is 16.7 Å². The van der Waals surface area contributed by atoms with Gasteiger partial charge in [-0.15, -0.1) is 0 Å². The summed E-state index contributed by atoms with van der Waals surface area (Å²) in [5.41, 5.74) is 0.769. The summed E-state index contributed by atoms with van der Waals surface area (Å²) in [6.45, 7) is 3.00. The number of nitrogens with zero attached hydrogens (tertiary/aromatic N) is 3. The lowest BCUT2D eigenvalue weighted by Gasteiger charge is -2.30. The van der Waals surface area contributed by atoms with Crippen LogP contribution < -0.4 is 10.1 Å². The number of hydrogen-bond donors (Lipinski definition) is 2. The first-order chi connectivity index (χ1) is 13.9. The molecule has 0 aliphatic carbocycles. The monoisotopic (exact) mass is 439 g/mol. The van der Waals surface area contributed by atoms with E-state index in [1.54, 1.807) is 25.3 Å². The first-order valence-electron chi connectivity index (χ1n) is 9.32. The van der Waals surface area contributed by atoms with Gasteiger partial charge in [0, 0.05) is 31.3 Å². The van der Waals surface area contributed by atoms with Crippen molar-refractivity contribution >= 4 is 27.7 Å². The number of methoxy groups -OCH3 is 1. The second-order valence-corrected chi connectivity index (χ2v) is 9.76. The number of H-pyrrole nitrogens is 1. The summed E-state index contributed by atoms with van der Waals surface area (Å²) in [5.74, 6) is 1.14. The normalized spacial score (nSPS) is 15.9.